The first-order valence-electron chi connectivity index (χ1n) is 6.81. The minimum absolute atomic E-state index is 0.0207. The molecule has 2 rings (SSSR count). The molecule has 0 amide bonds. The maximum atomic E-state index is 6.79. The van der Waals surface area contributed by atoms with Crippen molar-refractivity contribution in [3.63, 3.8) is 0 Å². The largest absolute Gasteiger partial charge is 0.325 e. The van der Waals surface area contributed by atoms with E-state index in [1.165, 1.54) is 24.8 Å². The van der Waals surface area contributed by atoms with Crippen molar-refractivity contribution in [1.29, 1.82) is 0 Å². The maximum absolute atomic E-state index is 6.79. The summed E-state index contributed by atoms with van der Waals surface area (Å²) in [7, 11) is 0. The number of hydrogen-bond donors (Lipinski definition) is 1. The molecule has 0 bridgehead atoms. The van der Waals surface area contributed by atoms with Crippen molar-refractivity contribution in [3.05, 3.63) is 22.4 Å². The number of hydrogen-bond acceptors (Lipinski definition) is 2. The Labute approximate surface area is 109 Å². The van der Waals surface area contributed by atoms with Gasteiger partial charge in [-0.25, -0.2) is 0 Å². The van der Waals surface area contributed by atoms with Gasteiger partial charge in [-0.1, -0.05) is 27.2 Å². The molecule has 0 aliphatic heterocycles. The Bertz CT molecular complexity index is 344. The smallest absolute Gasteiger partial charge is 0.0229 e. The van der Waals surface area contributed by atoms with Gasteiger partial charge in [0.2, 0.25) is 0 Å². The van der Waals surface area contributed by atoms with Crippen molar-refractivity contribution in [1.82, 2.24) is 0 Å². The van der Waals surface area contributed by atoms with Gasteiger partial charge < -0.3 is 5.73 Å². The Kier molecular flexibility index (Phi) is 3.94. The van der Waals surface area contributed by atoms with Gasteiger partial charge in [0, 0.05) is 5.54 Å². The van der Waals surface area contributed by atoms with E-state index in [4.69, 9.17) is 5.73 Å². The molecule has 17 heavy (non-hydrogen) atoms. The molecule has 1 aliphatic carbocycles. The Morgan fingerprint density at radius 3 is 2.82 bits per heavy atom. The zero-order valence-corrected chi connectivity index (χ0v) is 12.1. The second kappa shape index (κ2) is 5.11. The lowest BCUT2D eigenvalue weighted by Crippen LogP contribution is -2.54. The van der Waals surface area contributed by atoms with Crippen LogP contribution in [0.4, 0.5) is 0 Å². The summed E-state index contributed by atoms with van der Waals surface area (Å²) in [6.07, 6.45) is 4.90. The Hall–Kier alpha value is -0.340. The van der Waals surface area contributed by atoms with Crippen molar-refractivity contribution in [3.8, 4) is 0 Å². The van der Waals surface area contributed by atoms with Crippen LogP contribution >= 0.6 is 11.3 Å². The average molecular weight is 251 g/mol. The molecule has 0 aromatic carbocycles. The number of rotatable bonds is 3. The summed E-state index contributed by atoms with van der Waals surface area (Å²) < 4.78 is 0. The summed E-state index contributed by atoms with van der Waals surface area (Å²) in [5.41, 5.74) is 8.24. The van der Waals surface area contributed by atoms with E-state index < -0.39 is 0 Å². The molecule has 1 fully saturated rings. The van der Waals surface area contributed by atoms with Crippen molar-refractivity contribution in [2.45, 2.75) is 52.0 Å². The topological polar surface area (TPSA) is 26.0 Å². The first-order valence-corrected chi connectivity index (χ1v) is 7.75. The first-order chi connectivity index (χ1) is 8.01. The Morgan fingerprint density at radius 2 is 2.24 bits per heavy atom. The van der Waals surface area contributed by atoms with E-state index in [1.807, 2.05) is 0 Å². The van der Waals surface area contributed by atoms with Gasteiger partial charge in [0.25, 0.3) is 0 Å². The van der Waals surface area contributed by atoms with Crippen LogP contribution in [0.5, 0.6) is 0 Å². The van der Waals surface area contributed by atoms with Crippen LogP contribution in [0.3, 0.4) is 0 Å². The highest BCUT2D eigenvalue weighted by Crippen LogP contribution is 2.41. The van der Waals surface area contributed by atoms with Gasteiger partial charge in [-0.2, -0.15) is 11.3 Å². The second-order valence-electron chi connectivity index (χ2n) is 6.28. The molecule has 0 spiro atoms. The molecule has 1 saturated carbocycles. The summed E-state index contributed by atoms with van der Waals surface area (Å²) in [5.74, 6) is 2.17. The fourth-order valence-electron chi connectivity index (χ4n) is 3.63. The van der Waals surface area contributed by atoms with Crippen LogP contribution in [0.1, 0.15) is 45.6 Å². The molecule has 2 N–H and O–H groups in total. The van der Waals surface area contributed by atoms with Crippen LogP contribution in [-0.2, 0) is 6.42 Å². The highest BCUT2D eigenvalue weighted by atomic mass is 32.1. The van der Waals surface area contributed by atoms with Gasteiger partial charge in [0.15, 0.2) is 0 Å². The third kappa shape index (κ3) is 2.92. The van der Waals surface area contributed by atoms with Gasteiger partial charge in [-0.3, -0.25) is 0 Å². The summed E-state index contributed by atoms with van der Waals surface area (Å²) in [5, 5.41) is 4.42. The van der Waals surface area contributed by atoms with Gasteiger partial charge in [-0.05, 0) is 59.4 Å². The van der Waals surface area contributed by atoms with Crippen molar-refractivity contribution in [2.24, 2.45) is 23.5 Å². The lowest BCUT2D eigenvalue weighted by molar-refractivity contribution is 0.109. The molecule has 1 aromatic rings. The van der Waals surface area contributed by atoms with Crippen LogP contribution in [-0.4, -0.2) is 5.54 Å². The maximum Gasteiger partial charge on any atom is 0.0229 e. The fraction of sp³-hybridized carbons (Fsp3) is 0.733. The normalized spacial score (nSPS) is 34.2. The predicted octanol–water partition coefficient (Wildman–Crippen LogP) is 4.08. The van der Waals surface area contributed by atoms with E-state index in [1.54, 1.807) is 11.3 Å². The van der Waals surface area contributed by atoms with Crippen LogP contribution in [0.2, 0.25) is 0 Å². The molecule has 3 atom stereocenters. The molecule has 1 nitrogen and oxygen atoms in total. The number of thiophene rings is 1. The van der Waals surface area contributed by atoms with Gasteiger partial charge in [0.1, 0.15) is 0 Å². The van der Waals surface area contributed by atoms with Crippen molar-refractivity contribution < 1.29 is 0 Å². The molecule has 0 radical (unpaired) electrons. The first kappa shape index (κ1) is 13.1. The highest BCUT2D eigenvalue weighted by Gasteiger charge is 2.41. The van der Waals surface area contributed by atoms with E-state index in [0.29, 0.717) is 11.8 Å². The number of nitrogens with two attached hydrogens (primary N) is 1. The van der Waals surface area contributed by atoms with E-state index in [-0.39, 0.29) is 5.54 Å². The van der Waals surface area contributed by atoms with E-state index in [0.717, 1.165) is 12.3 Å². The van der Waals surface area contributed by atoms with Crippen molar-refractivity contribution in [2.75, 3.05) is 0 Å². The summed E-state index contributed by atoms with van der Waals surface area (Å²) in [6.45, 7) is 7.01. The molecular formula is C15H25NS. The minimum atomic E-state index is 0.0207. The molecule has 1 aromatic heterocycles. The monoisotopic (exact) mass is 251 g/mol. The Morgan fingerprint density at radius 1 is 1.47 bits per heavy atom. The quantitative estimate of drug-likeness (QED) is 0.860. The molecule has 0 saturated heterocycles. The van der Waals surface area contributed by atoms with Crippen LogP contribution in [0, 0.1) is 17.8 Å². The molecule has 3 unspecified atom stereocenters. The molecule has 96 valence electrons. The van der Waals surface area contributed by atoms with Crippen LogP contribution in [0.15, 0.2) is 16.8 Å². The summed E-state index contributed by atoms with van der Waals surface area (Å²) in [4.78, 5) is 0. The van der Waals surface area contributed by atoms with Gasteiger partial charge in [0.05, 0.1) is 0 Å². The molecular weight excluding hydrogens is 226 g/mol. The van der Waals surface area contributed by atoms with E-state index in [2.05, 4.69) is 37.6 Å². The molecule has 1 heterocycles. The molecule has 2 heteroatoms. The third-order valence-electron chi connectivity index (χ3n) is 4.36. The lowest BCUT2D eigenvalue weighted by atomic mass is 9.63. The summed E-state index contributed by atoms with van der Waals surface area (Å²) in [6, 6.07) is 2.23. The zero-order valence-electron chi connectivity index (χ0n) is 11.3. The van der Waals surface area contributed by atoms with Gasteiger partial charge >= 0.3 is 0 Å². The van der Waals surface area contributed by atoms with Crippen molar-refractivity contribution >= 4 is 11.3 Å². The zero-order chi connectivity index (χ0) is 12.5. The summed E-state index contributed by atoms with van der Waals surface area (Å²) >= 11 is 1.78. The highest BCUT2D eigenvalue weighted by molar-refractivity contribution is 7.07. The standard InChI is InChI=1S/C15H25NS/c1-11(2)14-5-4-12(3)8-15(14,16)9-13-6-7-17-10-13/h6-7,10-12,14H,4-5,8-9,16H2,1-3H3. The predicted molar refractivity (Wildman–Crippen MR) is 76.3 cm³/mol. The van der Waals surface area contributed by atoms with Crippen LogP contribution in [0.25, 0.3) is 0 Å². The third-order valence-corrected chi connectivity index (χ3v) is 5.09. The van der Waals surface area contributed by atoms with E-state index >= 15 is 0 Å². The SMILES string of the molecule is CC1CCC(C(C)C)C(N)(Cc2ccsc2)C1. The van der Waals surface area contributed by atoms with Crippen LogP contribution < -0.4 is 5.73 Å². The average Bonchev–Trinajstić information content (AvgIpc) is 2.68. The minimum Gasteiger partial charge on any atom is -0.325 e. The van der Waals surface area contributed by atoms with E-state index in [9.17, 15) is 0 Å². The lowest BCUT2D eigenvalue weighted by Gasteiger charge is -2.46. The van der Waals surface area contributed by atoms with Gasteiger partial charge in [-0.15, -0.1) is 0 Å². The Balaban J connectivity index is 2.16. The molecule has 1 aliphatic rings. The fourth-order valence-corrected chi connectivity index (χ4v) is 4.30. The second-order valence-corrected chi connectivity index (χ2v) is 7.06.